The third-order valence-electron chi connectivity index (χ3n) is 6.27. The van der Waals surface area contributed by atoms with Crippen LogP contribution in [0.3, 0.4) is 0 Å². The summed E-state index contributed by atoms with van der Waals surface area (Å²) >= 11 is 0. The second kappa shape index (κ2) is 7.27. The minimum atomic E-state index is -0.349. The molecule has 0 bridgehead atoms. The highest BCUT2D eigenvalue weighted by Gasteiger charge is 2.30. The van der Waals surface area contributed by atoms with Crippen LogP contribution in [0.15, 0.2) is 91.0 Å². The zero-order chi connectivity index (χ0) is 21.7. The lowest BCUT2D eigenvalue weighted by Crippen LogP contribution is -1.99. The molecular formula is C28H20N2O2. The molecule has 0 atom stereocenters. The van der Waals surface area contributed by atoms with E-state index in [9.17, 15) is 10.1 Å². The van der Waals surface area contributed by atoms with E-state index in [0.717, 1.165) is 33.3 Å². The molecule has 1 aliphatic rings. The normalized spacial score (nSPS) is 13.5. The number of hydrogen-bond donors (Lipinski definition) is 0. The Morgan fingerprint density at radius 1 is 0.719 bits per heavy atom. The summed E-state index contributed by atoms with van der Waals surface area (Å²) in [6.45, 7) is 0. The van der Waals surface area contributed by atoms with Gasteiger partial charge in [0.15, 0.2) is 0 Å². The third kappa shape index (κ3) is 3.12. The predicted octanol–water partition coefficient (Wildman–Crippen LogP) is 7.51. The van der Waals surface area contributed by atoms with Crippen molar-refractivity contribution in [3.63, 3.8) is 0 Å². The van der Waals surface area contributed by atoms with E-state index >= 15 is 0 Å². The number of benzene rings is 4. The second-order valence-corrected chi connectivity index (χ2v) is 8.42. The fraction of sp³-hybridized carbons (Fsp3) is 0.107. The summed E-state index contributed by atoms with van der Waals surface area (Å²) in [7, 11) is 0. The van der Waals surface area contributed by atoms with Gasteiger partial charge in [0.25, 0.3) is 5.69 Å². The fourth-order valence-electron chi connectivity index (χ4n) is 4.61. The second-order valence-electron chi connectivity index (χ2n) is 8.42. The van der Waals surface area contributed by atoms with Crippen molar-refractivity contribution < 1.29 is 4.92 Å². The van der Waals surface area contributed by atoms with Gasteiger partial charge in [0.05, 0.1) is 16.3 Å². The van der Waals surface area contributed by atoms with Gasteiger partial charge in [-0.1, -0.05) is 66.7 Å². The van der Waals surface area contributed by atoms with Crippen LogP contribution in [0.25, 0.3) is 44.1 Å². The minimum absolute atomic E-state index is 0.0748. The molecule has 4 nitrogen and oxygen atoms in total. The fourth-order valence-corrected chi connectivity index (χ4v) is 4.61. The number of rotatable bonds is 4. The molecule has 0 aliphatic heterocycles. The standard InChI is InChI=1S/C28H20N2O2/c31-30(32)23-12-6-11-22(15-23)27-25-17-21-10-5-4-9-20(21)16-24(25)26(18-13-14-18)28(29-27)19-7-2-1-3-8-19/h1-12,15-18H,13-14H2. The first kappa shape index (κ1) is 18.7. The van der Waals surface area contributed by atoms with Crippen LogP contribution in [-0.4, -0.2) is 9.91 Å². The smallest absolute Gasteiger partial charge is 0.258 e. The van der Waals surface area contributed by atoms with Crippen molar-refractivity contribution in [2.75, 3.05) is 0 Å². The summed E-state index contributed by atoms with van der Waals surface area (Å²) < 4.78 is 0. The molecule has 4 heteroatoms. The van der Waals surface area contributed by atoms with Crippen LogP contribution in [0, 0.1) is 10.1 Å². The van der Waals surface area contributed by atoms with E-state index in [1.165, 1.54) is 35.2 Å². The van der Waals surface area contributed by atoms with Gasteiger partial charge in [-0.3, -0.25) is 10.1 Å². The molecule has 32 heavy (non-hydrogen) atoms. The number of nitro benzene ring substituents is 1. The molecule has 0 spiro atoms. The molecule has 1 saturated carbocycles. The summed E-state index contributed by atoms with van der Waals surface area (Å²) in [4.78, 5) is 16.3. The molecule has 4 aromatic carbocycles. The van der Waals surface area contributed by atoms with E-state index in [1.54, 1.807) is 12.1 Å². The van der Waals surface area contributed by atoms with Crippen molar-refractivity contribution in [1.82, 2.24) is 4.98 Å². The Hall–Kier alpha value is -4.05. The lowest BCUT2D eigenvalue weighted by molar-refractivity contribution is -0.384. The summed E-state index contributed by atoms with van der Waals surface area (Å²) in [5.41, 5.74) is 4.99. The SMILES string of the molecule is O=[N+]([O-])c1cccc(-c2nc(-c3ccccc3)c(C3CC3)c3cc4ccccc4cc23)c1. The number of pyridine rings is 1. The first-order valence-electron chi connectivity index (χ1n) is 10.9. The number of non-ortho nitro benzene ring substituents is 1. The van der Waals surface area contributed by atoms with Crippen molar-refractivity contribution in [2.45, 2.75) is 18.8 Å². The maximum atomic E-state index is 11.4. The monoisotopic (exact) mass is 416 g/mol. The van der Waals surface area contributed by atoms with E-state index in [1.807, 2.05) is 30.3 Å². The van der Waals surface area contributed by atoms with Crippen LogP contribution in [0.4, 0.5) is 5.69 Å². The third-order valence-corrected chi connectivity index (χ3v) is 6.27. The van der Waals surface area contributed by atoms with Crippen molar-refractivity contribution in [2.24, 2.45) is 0 Å². The van der Waals surface area contributed by atoms with Crippen molar-refractivity contribution in [3.05, 3.63) is 107 Å². The van der Waals surface area contributed by atoms with Gasteiger partial charge in [0.2, 0.25) is 0 Å². The van der Waals surface area contributed by atoms with E-state index in [4.69, 9.17) is 4.98 Å². The number of hydrogen-bond acceptors (Lipinski definition) is 3. The van der Waals surface area contributed by atoms with Gasteiger partial charge in [-0.05, 0) is 52.6 Å². The van der Waals surface area contributed by atoms with Crippen LogP contribution in [0.1, 0.15) is 24.3 Å². The van der Waals surface area contributed by atoms with Gasteiger partial charge in [-0.2, -0.15) is 0 Å². The average molecular weight is 416 g/mol. The Labute approximate surface area is 185 Å². The molecule has 0 amide bonds. The molecule has 0 unspecified atom stereocenters. The lowest BCUT2D eigenvalue weighted by atomic mass is 9.91. The van der Waals surface area contributed by atoms with Gasteiger partial charge in [0, 0.05) is 28.6 Å². The number of aromatic nitrogens is 1. The van der Waals surface area contributed by atoms with E-state index in [2.05, 4.69) is 42.5 Å². The van der Waals surface area contributed by atoms with Crippen molar-refractivity contribution >= 4 is 27.2 Å². The Morgan fingerprint density at radius 2 is 1.38 bits per heavy atom. The molecule has 0 saturated heterocycles. The van der Waals surface area contributed by atoms with E-state index in [-0.39, 0.29) is 10.6 Å². The van der Waals surface area contributed by atoms with Crippen LogP contribution in [-0.2, 0) is 0 Å². The molecule has 0 N–H and O–H groups in total. The molecule has 1 heterocycles. The van der Waals surface area contributed by atoms with E-state index in [0.29, 0.717) is 5.92 Å². The molecule has 5 aromatic rings. The maximum absolute atomic E-state index is 11.4. The van der Waals surface area contributed by atoms with Crippen LogP contribution in [0.2, 0.25) is 0 Å². The molecule has 1 aromatic heterocycles. The van der Waals surface area contributed by atoms with Crippen LogP contribution in [0.5, 0.6) is 0 Å². The van der Waals surface area contributed by atoms with Crippen LogP contribution < -0.4 is 0 Å². The first-order valence-corrected chi connectivity index (χ1v) is 10.9. The molecule has 1 aliphatic carbocycles. The minimum Gasteiger partial charge on any atom is -0.258 e. The molecular weight excluding hydrogens is 396 g/mol. The molecule has 154 valence electrons. The average Bonchev–Trinajstić information content (AvgIpc) is 3.67. The van der Waals surface area contributed by atoms with E-state index < -0.39 is 0 Å². The highest BCUT2D eigenvalue weighted by Crippen LogP contribution is 2.49. The maximum Gasteiger partial charge on any atom is 0.270 e. The van der Waals surface area contributed by atoms with Gasteiger partial charge in [-0.15, -0.1) is 0 Å². The lowest BCUT2D eigenvalue weighted by Gasteiger charge is -2.17. The highest BCUT2D eigenvalue weighted by atomic mass is 16.6. The van der Waals surface area contributed by atoms with Gasteiger partial charge >= 0.3 is 0 Å². The molecule has 0 radical (unpaired) electrons. The van der Waals surface area contributed by atoms with Crippen molar-refractivity contribution in [1.29, 1.82) is 0 Å². The van der Waals surface area contributed by atoms with Gasteiger partial charge < -0.3 is 0 Å². The Balaban J connectivity index is 1.75. The molecule has 1 fully saturated rings. The number of nitrogens with zero attached hydrogens (tertiary/aromatic N) is 2. The van der Waals surface area contributed by atoms with Gasteiger partial charge in [-0.25, -0.2) is 4.98 Å². The predicted molar refractivity (Wildman–Crippen MR) is 129 cm³/mol. The quantitative estimate of drug-likeness (QED) is 0.173. The largest absolute Gasteiger partial charge is 0.270 e. The number of fused-ring (bicyclic) bond motifs is 2. The van der Waals surface area contributed by atoms with Crippen LogP contribution >= 0.6 is 0 Å². The first-order chi connectivity index (χ1) is 15.7. The zero-order valence-corrected chi connectivity index (χ0v) is 17.4. The highest BCUT2D eigenvalue weighted by molar-refractivity contribution is 6.07. The summed E-state index contributed by atoms with van der Waals surface area (Å²) in [5.74, 6) is 0.500. The topological polar surface area (TPSA) is 56.0 Å². The van der Waals surface area contributed by atoms with Crippen molar-refractivity contribution in [3.8, 4) is 22.5 Å². The Morgan fingerprint density at radius 3 is 2.06 bits per heavy atom. The summed E-state index contributed by atoms with van der Waals surface area (Å²) in [5, 5.41) is 16.0. The van der Waals surface area contributed by atoms with Gasteiger partial charge in [0.1, 0.15) is 0 Å². The summed E-state index contributed by atoms with van der Waals surface area (Å²) in [6.07, 6.45) is 2.33. The Bertz CT molecular complexity index is 1510. The summed E-state index contributed by atoms with van der Waals surface area (Å²) in [6, 6.07) is 29.9. The number of nitro groups is 1. The Kier molecular flexibility index (Phi) is 4.25. The molecule has 6 rings (SSSR count). The zero-order valence-electron chi connectivity index (χ0n) is 17.4.